The first kappa shape index (κ1) is 19.0. The Morgan fingerprint density at radius 2 is 1.79 bits per heavy atom. The lowest BCUT2D eigenvalue weighted by molar-refractivity contribution is 0.572. The molecule has 1 aromatic carbocycles. The molecule has 7 nitrogen and oxygen atoms in total. The van der Waals surface area contributed by atoms with Crippen LogP contribution in [0.25, 0.3) is 16.9 Å². The maximum atomic E-state index is 13.3. The van der Waals surface area contributed by atoms with Crippen LogP contribution >= 0.6 is 0 Å². The molecular weight excluding hydrogens is 366 g/mol. The van der Waals surface area contributed by atoms with E-state index in [0.29, 0.717) is 36.5 Å². The number of rotatable bonds is 6. The number of aryl methyl sites for hydroxylation is 3. The van der Waals surface area contributed by atoms with Gasteiger partial charge in [0.15, 0.2) is 11.2 Å². The lowest BCUT2D eigenvalue weighted by Gasteiger charge is -2.08. The molecule has 0 saturated heterocycles. The lowest BCUT2D eigenvalue weighted by Crippen LogP contribution is -2.39. The van der Waals surface area contributed by atoms with Gasteiger partial charge in [0.2, 0.25) is 5.78 Å². The molecule has 7 heteroatoms. The first-order chi connectivity index (χ1) is 14.0. The van der Waals surface area contributed by atoms with Crippen LogP contribution < -0.4 is 11.2 Å². The SMILES string of the molecule is C=CCn1c(C)c(C)n2c3c(=O)n(CCCc4ccccc4)c(=O)n(C)c3nc12. The highest BCUT2D eigenvalue weighted by Crippen LogP contribution is 2.20. The van der Waals surface area contributed by atoms with Crippen molar-refractivity contribution in [3.63, 3.8) is 0 Å². The van der Waals surface area contributed by atoms with Crippen LogP contribution in [-0.4, -0.2) is 23.1 Å². The molecule has 0 amide bonds. The Kier molecular flexibility index (Phi) is 4.74. The second-order valence-corrected chi connectivity index (χ2v) is 7.38. The zero-order chi connectivity index (χ0) is 20.7. The molecule has 0 aliphatic carbocycles. The predicted octanol–water partition coefficient (Wildman–Crippen LogP) is 2.59. The Balaban J connectivity index is 1.85. The highest BCUT2D eigenvalue weighted by Gasteiger charge is 2.22. The van der Waals surface area contributed by atoms with Crippen molar-refractivity contribution in [1.29, 1.82) is 0 Å². The summed E-state index contributed by atoms with van der Waals surface area (Å²) in [7, 11) is 1.67. The van der Waals surface area contributed by atoms with Gasteiger partial charge in [-0.05, 0) is 32.3 Å². The van der Waals surface area contributed by atoms with E-state index in [9.17, 15) is 9.59 Å². The van der Waals surface area contributed by atoms with Crippen molar-refractivity contribution in [2.75, 3.05) is 0 Å². The fourth-order valence-electron chi connectivity index (χ4n) is 3.95. The number of aromatic nitrogens is 5. The summed E-state index contributed by atoms with van der Waals surface area (Å²) in [5.41, 5.74) is 3.40. The topological polar surface area (TPSA) is 66.2 Å². The minimum atomic E-state index is -0.332. The van der Waals surface area contributed by atoms with Crippen LogP contribution in [0.2, 0.25) is 0 Å². The van der Waals surface area contributed by atoms with E-state index < -0.39 is 0 Å². The van der Waals surface area contributed by atoms with E-state index in [1.165, 1.54) is 14.7 Å². The molecule has 4 aromatic rings. The fraction of sp³-hybridized carbons (Fsp3) is 0.318. The fourth-order valence-corrected chi connectivity index (χ4v) is 3.95. The van der Waals surface area contributed by atoms with E-state index in [1.807, 2.05) is 41.0 Å². The van der Waals surface area contributed by atoms with Crippen molar-refractivity contribution < 1.29 is 0 Å². The molecule has 4 rings (SSSR count). The smallest absolute Gasteiger partial charge is 0.310 e. The largest absolute Gasteiger partial charge is 0.332 e. The van der Waals surface area contributed by atoms with Gasteiger partial charge in [0, 0.05) is 31.5 Å². The highest BCUT2D eigenvalue weighted by molar-refractivity contribution is 5.76. The molecular formula is C22H25N5O2. The molecule has 0 spiro atoms. The molecule has 0 atom stereocenters. The third-order valence-electron chi connectivity index (χ3n) is 5.63. The zero-order valence-electron chi connectivity index (χ0n) is 17.1. The van der Waals surface area contributed by atoms with Crippen molar-refractivity contribution in [3.8, 4) is 0 Å². The van der Waals surface area contributed by atoms with Crippen molar-refractivity contribution in [2.24, 2.45) is 7.05 Å². The van der Waals surface area contributed by atoms with Crippen LogP contribution in [0.3, 0.4) is 0 Å². The highest BCUT2D eigenvalue weighted by atomic mass is 16.2. The Morgan fingerprint density at radius 3 is 2.48 bits per heavy atom. The quantitative estimate of drug-likeness (QED) is 0.475. The molecule has 3 aromatic heterocycles. The first-order valence-corrected chi connectivity index (χ1v) is 9.78. The van der Waals surface area contributed by atoms with Crippen molar-refractivity contribution >= 4 is 16.9 Å². The van der Waals surface area contributed by atoms with E-state index in [4.69, 9.17) is 0 Å². The molecule has 0 N–H and O–H groups in total. The summed E-state index contributed by atoms with van der Waals surface area (Å²) < 4.78 is 6.67. The first-order valence-electron chi connectivity index (χ1n) is 9.78. The second-order valence-electron chi connectivity index (χ2n) is 7.38. The maximum Gasteiger partial charge on any atom is 0.332 e. The van der Waals surface area contributed by atoms with E-state index in [0.717, 1.165) is 17.8 Å². The van der Waals surface area contributed by atoms with Crippen LogP contribution in [0.5, 0.6) is 0 Å². The third-order valence-corrected chi connectivity index (χ3v) is 5.63. The van der Waals surface area contributed by atoms with Gasteiger partial charge in [-0.15, -0.1) is 6.58 Å². The molecule has 0 fully saturated rings. The molecule has 29 heavy (non-hydrogen) atoms. The van der Waals surface area contributed by atoms with E-state index in [-0.39, 0.29) is 11.2 Å². The molecule has 0 unspecified atom stereocenters. The predicted molar refractivity (Wildman–Crippen MR) is 115 cm³/mol. The molecule has 0 aliphatic rings. The summed E-state index contributed by atoms with van der Waals surface area (Å²) in [5, 5.41) is 0. The minimum absolute atomic E-state index is 0.289. The monoisotopic (exact) mass is 391 g/mol. The van der Waals surface area contributed by atoms with Crippen LogP contribution in [0.15, 0.2) is 52.6 Å². The number of imidazole rings is 2. The minimum Gasteiger partial charge on any atom is -0.310 e. The normalized spacial score (nSPS) is 11.6. The molecule has 150 valence electrons. The van der Waals surface area contributed by atoms with E-state index in [1.54, 1.807) is 13.1 Å². The third kappa shape index (κ3) is 2.93. The van der Waals surface area contributed by atoms with Crippen LogP contribution in [0.1, 0.15) is 23.4 Å². The number of nitrogens with zero attached hydrogens (tertiary/aromatic N) is 5. The van der Waals surface area contributed by atoms with Crippen LogP contribution in [0.4, 0.5) is 0 Å². The molecule has 0 aliphatic heterocycles. The number of benzene rings is 1. The van der Waals surface area contributed by atoms with Crippen molar-refractivity contribution in [3.05, 3.63) is 80.8 Å². The van der Waals surface area contributed by atoms with Crippen LogP contribution in [-0.2, 0) is 26.6 Å². The molecule has 0 radical (unpaired) electrons. The van der Waals surface area contributed by atoms with Gasteiger partial charge in [-0.1, -0.05) is 36.4 Å². The molecule has 0 bridgehead atoms. The number of hydrogen-bond donors (Lipinski definition) is 0. The number of hydrogen-bond acceptors (Lipinski definition) is 3. The summed E-state index contributed by atoms with van der Waals surface area (Å²) in [6, 6.07) is 10.1. The van der Waals surface area contributed by atoms with Gasteiger partial charge < -0.3 is 4.57 Å². The summed E-state index contributed by atoms with van der Waals surface area (Å²) in [5.74, 6) is 0.657. The molecule has 0 saturated carbocycles. The van der Waals surface area contributed by atoms with Gasteiger partial charge in [0.05, 0.1) is 0 Å². The zero-order valence-corrected chi connectivity index (χ0v) is 17.1. The number of fused-ring (bicyclic) bond motifs is 3. The van der Waals surface area contributed by atoms with E-state index >= 15 is 0 Å². The van der Waals surface area contributed by atoms with Gasteiger partial charge in [0.25, 0.3) is 5.56 Å². The van der Waals surface area contributed by atoms with Gasteiger partial charge in [0.1, 0.15) is 0 Å². The second kappa shape index (κ2) is 7.24. The lowest BCUT2D eigenvalue weighted by atomic mass is 10.1. The summed E-state index contributed by atoms with van der Waals surface area (Å²) in [4.78, 5) is 30.8. The van der Waals surface area contributed by atoms with Gasteiger partial charge in [-0.3, -0.25) is 18.3 Å². The van der Waals surface area contributed by atoms with Gasteiger partial charge in [-0.2, -0.15) is 4.98 Å². The Morgan fingerprint density at radius 1 is 1.07 bits per heavy atom. The van der Waals surface area contributed by atoms with Gasteiger partial charge >= 0.3 is 5.69 Å². The Bertz CT molecular complexity index is 1340. The van der Waals surface area contributed by atoms with Crippen molar-refractivity contribution in [1.82, 2.24) is 23.1 Å². The summed E-state index contributed by atoms with van der Waals surface area (Å²) >= 11 is 0. The average Bonchev–Trinajstić information content (AvgIpc) is 3.22. The summed E-state index contributed by atoms with van der Waals surface area (Å²) in [6.07, 6.45) is 3.32. The Labute approximate surface area is 168 Å². The number of allylic oxidation sites excluding steroid dienone is 1. The van der Waals surface area contributed by atoms with Crippen molar-refractivity contribution in [2.45, 2.75) is 39.8 Å². The average molecular weight is 391 g/mol. The van der Waals surface area contributed by atoms with Gasteiger partial charge in [-0.25, -0.2) is 4.79 Å². The summed E-state index contributed by atoms with van der Waals surface area (Å²) in [6.45, 7) is 8.73. The Hall–Kier alpha value is -3.35. The standard InChI is InChI=1S/C22H25N5O2/c1-5-13-25-15(2)16(3)27-18-19(23-21(25)27)24(4)22(29)26(20(18)28)14-9-12-17-10-7-6-8-11-17/h5-8,10-11H,1,9,12-14H2,2-4H3. The van der Waals surface area contributed by atoms with Crippen LogP contribution in [0, 0.1) is 13.8 Å². The maximum absolute atomic E-state index is 13.3. The van der Waals surface area contributed by atoms with E-state index in [2.05, 4.69) is 23.7 Å². The molecule has 3 heterocycles.